The maximum atomic E-state index is 12.5. The average molecular weight is 493 g/mol. The number of halogens is 1. The Morgan fingerprint density at radius 3 is 2.44 bits per heavy atom. The Labute approximate surface area is 176 Å². The molecule has 1 aromatic rings. The number of aromatic nitrogens is 1. The predicted octanol–water partition coefficient (Wildman–Crippen LogP) is -1.40. The summed E-state index contributed by atoms with van der Waals surface area (Å²) in [5.41, 5.74) is 0.576. The third-order valence-corrected chi connectivity index (χ3v) is 3.80. The topological polar surface area (TPSA) is 99.8 Å². The number of nitrogens with one attached hydrogen (secondary N) is 1. The number of aliphatic carboxylic acids is 1. The number of rotatable bonds is 8. The zero-order valence-electron chi connectivity index (χ0n) is 16.4. The van der Waals surface area contributed by atoms with Gasteiger partial charge in [-0.25, -0.2) is 9.59 Å². The summed E-state index contributed by atoms with van der Waals surface area (Å²) in [5.74, 6) is -0.745. The molecular formula is C18H28IN3O5. The molecule has 0 saturated carbocycles. The summed E-state index contributed by atoms with van der Waals surface area (Å²) in [5, 5.41) is 11.7. The highest BCUT2D eigenvalue weighted by Gasteiger charge is 2.27. The van der Waals surface area contributed by atoms with Crippen molar-refractivity contribution in [3.8, 4) is 5.75 Å². The molecule has 0 spiro atoms. The van der Waals surface area contributed by atoms with Gasteiger partial charge in [0.1, 0.15) is 5.56 Å². The third-order valence-electron chi connectivity index (χ3n) is 3.80. The second-order valence-corrected chi connectivity index (χ2v) is 6.71. The monoisotopic (exact) mass is 493 g/mol. The number of nitrogens with zero attached hydrogens (tertiary/aromatic N) is 2. The number of hydrogen-bond donors (Lipinski definition) is 2. The molecule has 0 aliphatic carbocycles. The highest BCUT2D eigenvalue weighted by Crippen LogP contribution is 2.21. The van der Waals surface area contributed by atoms with E-state index in [9.17, 15) is 14.4 Å². The fourth-order valence-corrected chi connectivity index (χ4v) is 2.40. The smallest absolute Gasteiger partial charge is 0.412 e. The zero-order chi connectivity index (χ0) is 19.9. The minimum atomic E-state index is -1.03. The van der Waals surface area contributed by atoms with Crippen molar-refractivity contribution in [1.29, 1.82) is 0 Å². The molecule has 0 atom stereocenters. The van der Waals surface area contributed by atoms with Crippen molar-refractivity contribution in [2.75, 3.05) is 20.6 Å². The zero-order valence-corrected chi connectivity index (χ0v) is 18.6. The Kier molecular flexibility index (Phi) is 10.9. The molecule has 1 heterocycles. The Morgan fingerprint density at radius 2 is 1.93 bits per heavy atom. The SMILES string of the molecule is Cc1c(C(=O)N(C)C)c(OC(=O)NCCCC(C)C)cc[n+]1CC(=O)O.[I-]. The predicted molar refractivity (Wildman–Crippen MR) is 95.1 cm³/mol. The van der Waals surface area contributed by atoms with E-state index in [-0.39, 0.29) is 47.7 Å². The summed E-state index contributed by atoms with van der Waals surface area (Å²) < 4.78 is 6.73. The van der Waals surface area contributed by atoms with Gasteiger partial charge in [0.15, 0.2) is 17.6 Å². The summed E-state index contributed by atoms with van der Waals surface area (Å²) >= 11 is 0. The number of amides is 2. The van der Waals surface area contributed by atoms with Crippen molar-refractivity contribution in [3.05, 3.63) is 23.5 Å². The van der Waals surface area contributed by atoms with Gasteiger partial charge in [0, 0.05) is 33.6 Å². The van der Waals surface area contributed by atoms with Crippen molar-refractivity contribution in [3.63, 3.8) is 0 Å². The minimum absolute atomic E-state index is 0. The molecule has 0 aromatic carbocycles. The van der Waals surface area contributed by atoms with Crippen LogP contribution in [0.3, 0.4) is 0 Å². The second-order valence-electron chi connectivity index (χ2n) is 6.71. The van der Waals surface area contributed by atoms with Crippen LogP contribution in [0.2, 0.25) is 0 Å². The number of hydrogen-bond acceptors (Lipinski definition) is 4. The van der Waals surface area contributed by atoms with E-state index in [1.165, 1.54) is 21.7 Å². The molecule has 1 rings (SSSR count). The maximum absolute atomic E-state index is 12.5. The van der Waals surface area contributed by atoms with Crippen molar-refractivity contribution in [2.24, 2.45) is 5.92 Å². The van der Waals surface area contributed by atoms with Crippen LogP contribution in [0.25, 0.3) is 0 Å². The van der Waals surface area contributed by atoms with Crippen LogP contribution in [-0.2, 0) is 11.3 Å². The molecule has 1 aromatic heterocycles. The van der Waals surface area contributed by atoms with Crippen LogP contribution >= 0.6 is 0 Å². The minimum Gasteiger partial charge on any atom is -1.00 e. The van der Waals surface area contributed by atoms with E-state index >= 15 is 0 Å². The molecular weight excluding hydrogens is 465 g/mol. The number of carbonyl (C=O) groups excluding carboxylic acids is 2. The molecule has 152 valence electrons. The van der Waals surface area contributed by atoms with Gasteiger partial charge in [-0.15, -0.1) is 0 Å². The molecule has 0 fully saturated rings. The highest BCUT2D eigenvalue weighted by molar-refractivity contribution is 5.98. The largest absolute Gasteiger partial charge is 1.00 e. The van der Waals surface area contributed by atoms with Gasteiger partial charge in [-0.2, -0.15) is 4.57 Å². The molecule has 2 amide bonds. The summed E-state index contributed by atoms with van der Waals surface area (Å²) in [4.78, 5) is 36.8. The van der Waals surface area contributed by atoms with Crippen LogP contribution in [0.5, 0.6) is 5.75 Å². The van der Waals surface area contributed by atoms with Crippen LogP contribution in [0.1, 0.15) is 42.7 Å². The number of carbonyl (C=O) groups is 3. The summed E-state index contributed by atoms with van der Waals surface area (Å²) in [7, 11) is 3.15. The quantitative estimate of drug-likeness (QED) is 0.264. The fourth-order valence-electron chi connectivity index (χ4n) is 2.40. The lowest BCUT2D eigenvalue weighted by molar-refractivity contribution is -0.691. The fraction of sp³-hybridized carbons (Fsp3) is 0.556. The Balaban J connectivity index is 0.00000676. The van der Waals surface area contributed by atoms with Gasteiger partial charge in [-0.3, -0.25) is 4.79 Å². The van der Waals surface area contributed by atoms with Crippen LogP contribution in [0.4, 0.5) is 4.79 Å². The van der Waals surface area contributed by atoms with Crippen molar-refractivity contribution >= 4 is 18.0 Å². The van der Waals surface area contributed by atoms with Crippen molar-refractivity contribution in [1.82, 2.24) is 10.2 Å². The number of ether oxygens (including phenoxy) is 1. The molecule has 0 unspecified atom stereocenters. The van der Waals surface area contributed by atoms with Crippen LogP contribution in [0.15, 0.2) is 12.3 Å². The molecule has 0 saturated heterocycles. The number of carboxylic acids is 1. The van der Waals surface area contributed by atoms with E-state index in [1.807, 2.05) is 0 Å². The molecule has 0 bridgehead atoms. The molecule has 0 radical (unpaired) electrons. The lowest BCUT2D eigenvalue weighted by atomic mass is 10.1. The Morgan fingerprint density at radius 1 is 1.30 bits per heavy atom. The summed E-state index contributed by atoms with van der Waals surface area (Å²) in [6.45, 7) is 6.03. The first kappa shape index (κ1) is 25.1. The van der Waals surface area contributed by atoms with Crippen LogP contribution < -0.4 is 38.6 Å². The third kappa shape index (κ3) is 8.10. The number of pyridine rings is 1. The van der Waals surface area contributed by atoms with E-state index < -0.39 is 12.1 Å². The molecule has 8 nitrogen and oxygen atoms in total. The van der Waals surface area contributed by atoms with Gasteiger partial charge in [-0.1, -0.05) is 13.8 Å². The Bertz CT molecular complexity index is 677. The second kappa shape index (κ2) is 11.7. The van der Waals surface area contributed by atoms with Crippen LogP contribution in [0, 0.1) is 12.8 Å². The summed E-state index contributed by atoms with van der Waals surface area (Å²) in [6, 6.07) is 1.43. The lowest BCUT2D eigenvalue weighted by Gasteiger charge is -2.15. The Hall–Kier alpha value is -1.91. The molecule has 27 heavy (non-hydrogen) atoms. The lowest BCUT2D eigenvalue weighted by Crippen LogP contribution is -3.00. The highest BCUT2D eigenvalue weighted by atomic mass is 127. The van der Waals surface area contributed by atoms with E-state index in [0.29, 0.717) is 18.2 Å². The normalized spacial score (nSPS) is 10.1. The molecule has 2 N–H and O–H groups in total. The van der Waals surface area contributed by atoms with Gasteiger partial charge in [0.25, 0.3) is 5.91 Å². The van der Waals surface area contributed by atoms with Crippen molar-refractivity contribution in [2.45, 2.75) is 40.2 Å². The van der Waals surface area contributed by atoms with E-state index in [0.717, 1.165) is 12.8 Å². The van der Waals surface area contributed by atoms with E-state index in [2.05, 4.69) is 19.2 Å². The summed E-state index contributed by atoms with van der Waals surface area (Å²) in [6.07, 6.45) is 2.67. The molecule has 9 heteroatoms. The molecule has 0 aliphatic rings. The van der Waals surface area contributed by atoms with Crippen LogP contribution in [-0.4, -0.2) is 48.6 Å². The van der Waals surface area contributed by atoms with Gasteiger partial charge < -0.3 is 44.0 Å². The van der Waals surface area contributed by atoms with Gasteiger partial charge in [0.2, 0.25) is 6.54 Å². The van der Waals surface area contributed by atoms with Gasteiger partial charge in [0.05, 0.1) is 0 Å². The maximum Gasteiger partial charge on any atom is 0.412 e. The first-order chi connectivity index (χ1) is 12.1. The van der Waals surface area contributed by atoms with Crippen molar-refractivity contribution < 1.29 is 52.8 Å². The average Bonchev–Trinajstić information content (AvgIpc) is 2.53. The first-order valence-corrected chi connectivity index (χ1v) is 8.55. The van der Waals surface area contributed by atoms with E-state index in [4.69, 9.17) is 9.84 Å². The number of carboxylic acid groups (broad SMARTS) is 1. The van der Waals surface area contributed by atoms with Gasteiger partial charge in [-0.05, 0) is 18.8 Å². The first-order valence-electron chi connectivity index (χ1n) is 8.55. The van der Waals surface area contributed by atoms with Gasteiger partial charge >= 0.3 is 12.1 Å². The standard InChI is InChI=1S/C18H27N3O5.HI/c1-12(2)7-6-9-19-18(25)26-14-8-10-21(11-15(22)23)13(3)16(14)17(24)20(4)5;/h8,10,12H,6-7,9,11H2,1-5H3,(H-,19,22,23,25);1H. The molecule has 0 aliphatic heterocycles. The van der Waals surface area contributed by atoms with E-state index in [1.54, 1.807) is 21.0 Å².